The number of hydrogen-bond acceptors (Lipinski definition) is 5. The number of hydrogen-bond donors (Lipinski definition) is 0. The molecule has 1 unspecified atom stereocenters. The number of rotatable bonds is 2. The maximum atomic E-state index is 12.1. The molecule has 17 heavy (non-hydrogen) atoms. The van der Waals surface area contributed by atoms with Gasteiger partial charge >= 0.3 is 0 Å². The predicted molar refractivity (Wildman–Crippen MR) is 67.5 cm³/mol. The van der Waals surface area contributed by atoms with Crippen LogP contribution in [0.5, 0.6) is 0 Å². The van der Waals surface area contributed by atoms with E-state index in [4.69, 9.17) is 11.6 Å². The van der Waals surface area contributed by atoms with E-state index in [9.17, 15) is 4.79 Å². The zero-order chi connectivity index (χ0) is 12.4. The Kier molecular flexibility index (Phi) is 3.96. The molecule has 0 bridgehead atoms. The van der Waals surface area contributed by atoms with E-state index in [0.29, 0.717) is 15.5 Å². The Morgan fingerprint density at radius 2 is 2.29 bits per heavy atom. The zero-order valence-corrected chi connectivity index (χ0v) is 11.5. The number of halogens is 1. The first-order chi connectivity index (χ1) is 8.11. The molecular weight excluding hydrogens is 260 g/mol. The fraction of sp³-hybridized carbons (Fsp3) is 0.700. The Labute approximate surface area is 109 Å². The van der Waals surface area contributed by atoms with Crippen LogP contribution < -0.4 is 0 Å². The van der Waals surface area contributed by atoms with E-state index in [0.717, 1.165) is 37.4 Å². The SMILES string of the molecule is CCC1CN(C(=O)c2nnc(Cl)s2)CCN1C. The highest BCUT2D eigenvalue weighted by Crippen LogP contribution is 2.19. The summed E-state index contributed by atoms with van der Waals surface area (Å²) in [5.74, 6) is -0.0547. The fourth-order valence-corrected chi connectivity index (χ4v) is 2.79. The highest BCUT2D eigenvalue weighted by atomic mass is 35.5. The Balaban J connectivity index is 2.05. The lowest BCUT2D eigenvalue weighted by molar-refractivity contribution is 0.0541. The van der Waals surface area contributed by atoms with E-state index >= 15 is 0 Å². The summed E-state index contributed by atoms with van der Waals surface area (Å²) in [7, 11) is 2.10. The van der Waals surface area contributed by atoms with Crippen LogP contribution in [-0.2, 0) is 0 Å². The van der Waals surface area contributed by atoms with Gasteiger partial charge in [0.1, 0.15) is 0 Å². The monoisotopic (exact) mass is 274 g/mol. The minimum Gasteiger partial charge on any atom is -0.334 e. The molecule has 5 nitrogen and oxygen atoms in total. The molecule has 1 aromatic rings. The molecule has 1 aromatic heterocycles. The molecule has 2 rings (SSSR count). The van der Waals surface area contributed by atoms with Crippen LogP contribution >= 0.6 is 22.9 Å². The van der Waals surface area contributed by atoms with Crippen LogP contribution in [0.1, 0.15) is 23.1 Å². The van der Waals surface area contributed by atoms with Crippen LogP contribution in [0.25, 0.3) is 0 Å². The van der Waals surface area contributed by atoms with Crippen molar-refractivity contribution < 1.29 is 4.79 Å². The average molecular weight is 275 g/mol. The number of carbonyl (C=O) groups is 1. The number of aromatic nitrogens is 2. The molecule has 0 spiro atoms. The van der Waals surface area contributed by atoms with Crippen LogP contribution in [0.15, 0.2) is 0 Å². The summed E-state index contributed by atoms with van der Waals surface area (Å²) in [5.41, 5.74) is 0. The predicted octanol–water partition coefficient (Wildman–Crippen LogP) is 1.36. The number of piperazine rings is 1. The van der Waals surface area contributed by atoms with Crippen molar-refractivity contribution in [2.75, 3.05) is 26.7 Å². The minimum atomic E-state index is -0.0547. The third-order valence-corrected chi connectivity index (χ3v) is 4.13. The molecule has 0 saturated carbocycles. The van der Waals surface area contributed by atoms with E-state index in [1.807, 2.05) is 4.90 Å². The summed E-state index contributed by atoms with van der Waals surface area (Å²) in [5, 5.41) is 7.84. The van der Waals surface area contributed by atoms with Gasteiger partial charge < -0.3 is 4.90 Å². The van der Waals surface area contributed by atoms with E-state index in [-0.39, 0.29) is 5.91 Å². The Hall–Kier alpha value is -0.720. The van der Waals surface area contributed by atoms with Gasteiger partial charge in [0.15, 0.2) is 0 Å². The lowest BCUT2D eigenvalue weighted by Crippen LogP contribution is -2.52. The quantitative estimate of drug-likeness (QED) is 0.817. The summed E-state index contributed by atoms with van der Waals surface area (Å²) in [6.45, 7) is 4.53. The van der Waals surface area contributed by atoms with Crippen molar-refractivity contribution in [3.63, 3.8) is 0 Å². The number of amides is 1. The van der Waals surface area contributed by atoms with Crippen LogP contribution in [0, 0.1) is 0 Å². The van der Waals surface area contributed by atoms with Gasteiger partial charge in [-0.25, -0.2) is 0 Å². The first-order valence-corrected chi connectivity index (χ1v) is 6.79. The maximum Gasteiger partial charge on any atom is 0.284 e. The standard InChI is InChI=1S/C10H15ClN4OS/c1-3-7-6-15(5-4-14(7)2)9(16)8-12-13-10(11)17-8/h7H,3-6H2,1-2H3. The first kappa shape index (κ1) is 12.7. The Bertz CT molecular complexity index is 411. The Morgan fingerprint density at radius 1 is 1.53 bits per heavy atom. The van der Waals surface area contributed by atoms with Crippen molar-refractivity contribution in [3.8, 4) is 0 Å². The molecular formula is C10H15ClN4OS. The molecule has 1 amide bonds. The van der Waals surface area contributed by atoms with Gasteiger partial charge in [-0.2, -0.15) is 0 Å². The summed E-state index contributed by atoms with van der Waals surface area (Å²) in [6.07, 6.45) is 1.04. The van der Waals surface area contributed by atoms with E-state index in [2.05, 4.69) is 29.1 Å². The second kappa shape index (κ2) is 5.29. The molecule has 0 aliphatic carbocycles. The van der Waals surface area contributed by atoms with Gasteiger partial charge in [0.05, 0.1) is 0 Å². The lowest BCUT2D eigenvalue weighted by atomic mass is 10.1. The Morgan fingerprint density at radius 3 is 2.88 bits per heavy atom. The number of nitrogens with zero attached hydrogens (tertiary/aromatic N) is 4. The van der Waals surface area contributed by atoms with Gasteiger partial charge in [0, 0.05) is 25.7 Å². The minimum absolute atomic E-state index is 0.0547. The van der Waals surface area contributed by atoms with Crippen LogP contribution in [-0.4, -0.2) is 58.6 Å². The van der Waals surface area contributed by atoms with Gasteiger partial charge in [0.25, 0.3) is 5.91 Å². The van der Waals surface area contributed by atoms with Gasteiger partial charge in [-0.05, 0) is 25.1 Å². The smallest absolute Gasteiger partial charge is 0.284 e. The lowest BCUT2D eigenvalue weighted by Gasteiger charge is -2.38. The topological polar surface area (TPSA) is 49.3 Å². The number of likely N-dealkylation sites (N-methyl/N-ethyl adjacent to an activating group) is 1. The average Bonchev–Trinajstić information content (AvgIpc) is 2.75. The van der Waals surface area contributed by atoms with Gasteiger partial charge in [-0.3, -0.25) is 9.69 Å². The molecule has 1 saturated heterocycles. The molecule has 1 aliphatic rings. The third-order valence-electron chi connectivity index (χ3n) is 3.12. The molecule has 7 heteroatoms. The molecule has 2 heterocycles. The van der Waals surface area contributed by atoms with Gasteiger partial charge in [-0.1, -0.05) is 18.3 Å². The summed E-state index contributed by atoms with van der Waals surface area (Å²) < 4.78 is 0.314. The van der Waals surface area contributed by atoms with Crippen LogP contribution in [0.3, 0.4) is 0 Å². The third kappa shape index (κ3) is 2.75. The van der Waals surface area contributed by atoms with E-state index in [1.54, 1.807) is 0 Å². The van der Waals surface area contributed by atoms with Crippen molar-refractivity contribution >= 4 is 28.8 Å². The largest absolute Gasteiger partial charge is 0.334 e. The fourth-order valence-electron chi connectivity index (χ4n) is 2.00. The van der Waals surface area contributed by atoms with Crippen molar-refractivity contribution in [2.24, 2.45) is 0 Å². The molecule has 0 radical (unpaired) electrons. The van der Waals surface area contributed by atoms with Crippen LogP contribution in [0.4, 0.5) is 0 Å². The first-order valence-electron chi connectivity index (χ1n) is 5.60. The van der Waals surface area contributed by atoms with Crippen molar-refractivity contribution in [1.82, 2.24) is 20.0 Å². The molecule has 0 aromatic carbocycles. The van der Waals surface area contributed by atoms with E-state index in [1.165, 1.54) is 0 Å². The second-order valence-electron chi connectivity index (χ2n) is 4.15. The molecule has 1 aliphatic heterocycles. The summed E-state index contributed by atoms with van der Waals surface area (Å²) in [6, 6.07) is 0.427. The van der Waals surface area contributed by atoms with Gasteiger partial charge in [-0.15, -0.1) is 10.2 Å². The van der Waals surface area contributed by atoms with E-state index < -0.39 is 0 Å². The molecule has 94 valence electrons. The van der Waals surface area contributed by atoms with Crippen molar-refractivity contribution in [2.45, 2.75) is 19.4 Å². The van der Waals surface area contributed by atoms with Crippen molar-refractivity contribution in [1.29, 1.82) is 0 Å². The molecule has 0 N–H and O–H groups in total. The molecule has 1 fully saturated rings. The van der Waals surface area contributed by atoms with Crippen LogP contribution in [0.2, 0.25) is 4.47 Å². The molecule has 1 atom stereocenters. The maximum absolute atomic E-state index is 12.1. The van der Waals surface area contributed by atoms with Gasteiger partial charge in [0.2, 0.25) is 9.47 Å². The zero-order valence-electron chi connectivity index (χ0n) is 9.89. The highest BCUT2D eigenvalue weighted by molar-refractivity contribution is 7.17. The summed E-state index contributed by atoms with van der Waals surface area (Å²) in [4.78, 5) is 16.3. The van der Waals surface area contributed by atoms with Crippen molar-refractivity contribution in [3.05, 3.63) is 9.47 Å². The number of carbonyl (C=O) groups excluding carboxylic acids is 1. The highest BCUT2D eigenvalue weighted by Gasteiger charge is 2.28. The summed E-state index contributed by atoms with van der Waals surface area (Å²) >= 11 is 6.83. The normalized spacial score (nSPS) is 21.8. The second-order valence-corrected chi connectivity index (χ2v) is 5.71.